The number of nitrogens with zero attached hydrogens (tertiary/aromatic N) is 6. The summed E-state index contributed by atoms with van der Waals surface area (Å²) in [4.78, 5) is 11.9. The molecule has 0 radical (unpaired) electrons. The van der Waals surface area contributed by atoms with Crippen LogP contribution >= 0.6 is 11.6 Å². The van der Waals surface area contributed by atoms with Crippen molar-refractivity contribution < 1.29 is 26.7 Å². The summed E-state index contributed by atoms with van der Waals surface area (Å²) in [5.74, 6) is -1.55. The number of anilines is 1. The maximum atomic E-state index is 14.1. The van der Waals surface area contributed by atoms with Gasteiger partial charge in [-0.15, -0.1) is 10.2 Å². The third kappa shape index (κ3) is 6.02. The van der Waals surface area contributed by atoms with Crippen LogP contribution < -0.4 is 9.46 Å². The first-order valence-corrected chi connectivity index (χ1v) is 13.0. The van der Waals surface area contributed by atoms with E-state index in [0.717, 1.165) is 18.2 Å². The monoisotopic (exact) mass is 577 g/mol. The van der Waals surface area contributed by atoms with Crippen LogP contribution in [0.2, 0.25) is 5.02 Å². The average Bonchev–Trinajstić information content (AvgIpc) is 3.31. The lowest BCUT2D eigenvalue weighted by molar-refractivity contribution is 0.131. The van der Waals surface area contributed by atoms with Crippen LogP contribution in [0.3, 0.4) is 0 Å². The summed E-state index contributed by atoms with van der Waals surface area (Å²) in [6.45, 7) is 5.25. The Morgan fingerprint density at radius 3 is 2.38 bits per heavy atom. The van der Waals surface area contributed by atoms with E-state index in [1.54, 1.807) is 25.1 Å². The second-order valence-corrected chi connectivity index (χ2v) is 10.3. The molecule has 3 heterocycles. The number of rotatable bonds is 10. The van der Waals surface area contributed by atoms with Crippen molar-refractivity contribution in [2.75, 3.05) is 18.9 Å². The van der Waals surface area contributed by atoms with Crippen molar-refractivity contribution in [2.24, 2.45) is 0 Å². The van der Waals surface area contributed by atoms with Gasteiger partial charge in [0.1, 0.15) is 17.3 Å². The molecule has 39 heavy (non-hydrogen) atoms. The van der Waals surface area contributed by atoms with Gasteiger partial charge in [-0.1, -0.05) is 24.2 Å². The lowest BCUT2D eigenvalue weighted by atomic mass is 10.1. The van der Waals surface area contributed by atoms with Gasteiger partial charge in [0.05, 0.1) is 23.1 Å². The first-order chi connectivity index (χ1) is 18.5. The van der Waals surface area contributed by atoms with Gasteiger partial charge < -0.3 is 9.47 Å². The number of pyridine rings is 1. The quantitative estimate of drug-likeness (QED) is 0.292. The van der Waals surface area contributed by atoms with Gasteiger partial charge in [0.15, 0.2) is 17.8 Å². The lowest BCUT2D eigenvalue weighted by Gasteiger charge is -2.21. The maximum absolute atomic E-state index is 14.1. The molecule has 204 valence electrons. The van der Waals surface area contributed by atoms with Crippen molar-refractivity contribution >= 4 is 27.6 Å². The van der Waals surface area contributed by atoms with E-state index >= 15 is 0 Å². The Kier molecular flexibility index (Phi) is 8.18. The molecule has 0 aliphatic carbocycles. The zero-order chi connectivity index (χ0) is 28.3. The Bertz CT molecular complexity index is 1600. The summed E-state index contributed by atoms with van der Waals surface area (Å²) in [6, 6.07) is 6.94. The normalized spacial score (nSPS) is 13.1. The number of benzene rings is 1. The van der Waals surface area contributed by atoms with Crippen LogP contribution in [-0.4, -0.2) is 52.4 Å². The van der Waals surface area contributed by atoms with Gasteiger partial charge in [0.25, 0.3) is 10.0 Å². The first-order valence-electron chi connectivity index (χ1n) is 11.2. The molecule has 2 atom stereocenters. The summed E-state index contributed by atoms with van der Waals surface area (Å²) in [5.41, 5.74) is 0.444. The SMILES string of the molecule is C=C([C@H](OC)c1ncc(Cl)cn1)S(=O)(=O)Nc1nnc(-c2cccc(OC)n2)n1[C@H](C)c1cc(F)cc(F)c1. The molecule has 0 amide bonds. The van der Waals surface area contributed by atoms with Crippen LogP contribution in [0.15, 0.2) is 60.3 Å². The van der Waals surface area contributed by atoms with E-state index in [1.165, 1.54) is 31.2 Å². The number of sulfonamides is 1. The van der Waals surface area contributed by atoms with Gasteiger partial charge in [-0.2, -0.15) is 0 Å². The molecule has 1 N–H and O–H groups in total. The van der Waals surface area contributed by atoms with Crippen molar-refractivity contribution in [3.63, 3.8) is 0 Å². The molecule has 1 aromatic carbocycles. The number of aromatic nitrogens is 6. The van der Waals surface area contributed by atoms with Crippen LogP contribution in [0.4, 0.5) is 14.7 Å². The molecular formula is C24H22ClF2N7O4S. The van der Waals surface area contributed by atoms with Crippen LogP contribution in [0.5, 0.6) is 5.88 Å². The lowest BCUT2D eigenvalue weighted by Crippen LogP contribution is -2.24. The van der Waals surface area contributed by atoms with Crippen LogP contribution in [0.25, 0.3) is 11.5 Å². The van der Waals surface area contributed by atoms with Crippen molar-refractivity contribution in [3.05, 3.63) is 88.3 Å². The van der Waals surface area contributed by atoms with E-state index in [1.807, 2.05) is 0 Å². The highest BCUT2D eigenvalue weighted by atomic mass is 35.5. The Balaban J connectivity index is 1.79. The van der Waals surface area contributed by atoms with Gasteiger partial charge in [-0.05, 0) is 30.7 Å². The van der Waals surface area contributed by atoms with Crippen LogP contribution in [0, 0.1) is 11.6 Å². The molecule has 11 nitrogen and oxygen atoms in total. The standard InChI is InChI=1S/C24H22ClF2N7O4S/c1-13(15-8-17(26)10-18(27)9-15)34-23(19-6-5-7-20(30-19)37-3)31-32-24(34)33-39(35,36)14(2)21(38-4)22-28-11-16(25)12-29-22/h5-13,21H,2H2,1,3-4H3,(H,32,33)/t13-,21+/m1/s1. The number of hydrogen-bond donors (Lipinski definition) is 1. The van der Waals surface area contributed by atoms with E-state index < -0.39 is 38.7 Å². The second-order valence-electron chi connectivity index (χ2n) is 8.11. The van der Waals surface area contributed by atoms with Crippen molar-refractivity contribution in [3.8, 4) is 17.4 Å². The fourth-order valence-corrected chi connectivity index (χ4v) is 4.78. The summed E-state index contributed by atoms with van der Waals surface area (Å²) in [6.07, 6.45) is 1.31. The van der Waals surface area contributed by atoms with Crippen molar-refractivity contribution in [1.29, 1.82) is 0 Å². The summed E-state index contributed by atoms with van der Waals surface area (Å²) >= 11 is 5.83. The molecule has 0 bridgehead atoms. The van der Waals surface area contributed by atoms with Gasteiger partial charge >= 0.3 is 0 Å². The summed E-state index contributed by atoms with van der Waals surface area (Å²) in [7, 11) is -1.73. The Labute approximate surface area is 227 Å². The zero-order valence-electron chi connectivity index (χ0n) is 20.8. The molecule has 3 aromatic heterocycles. The average molecular weight is 578 g/mol. The predicted octanol–water partition coefficient (Wildman–Crippen LogP) is 4.32. The van der Waals surface area contributed by atoms with E-state index in [2.05, 4.69) is 36.5 Å². The minimum absolute atomic E-state index is 0.00335. The van der Waals surface area contributed by atoms with Crippen LogP contribution in [-0.2, 0) is 14.8 Å². The molecule has 4 rings (SSSR count). The van der Waals surface area contributed by atoms with Crippen molar-refractivity contribution in [1.82, 2.24) is 29.7 Å². The molecule has 0 spiro atoms. The molecule has 0 unspecified atom stereocenters. The molecule has 0 fully saturated rings. The van der Waals surface area contributed by atoms with E-state index in [4.69, 9.17) is 21.1 Å². The minimum atomic E-state index is -4.42. The second kappa shape index (κ2) is 11.4. The van der Waals surface area contributed by atoms with Gasteiger partial charge in [-0.3, -0.25) is 4.57 Å². The highest BCUT2D eigenvalue weighted by Crippen LogP contribution is 2.32. The Morgan fingerprint density at radius 1 is 1.10 bits per heavy atom. The Hall–Kier alpha value is -4.01. The summed E-state index contributed by atoms with van der Waals surface area (Å²) < 4.78 is 69.1. The number of halogens is 3. The number of methoxy groups -OCH3 is 2. The third-order valence-corrected chi connectivity index (χ3v) is 7.14. The fourth-order valence-electron chi connectivity index (χ4n) is 3.69. The molecule has 4 aromatic rings. The van der Waals surface area contributed by atoms with E-state index in [-0.39, 0.29) is 39.8 Å². The Morgan fingerprint density at radius 2 is 1.77 bits per heavy atom. The molecule has 0 saturated heterocycles. The van der Waals surface area contributed by atoms with Crippen LogP contribution in [0.1, 0.15) is 30.5 Å². The zero-order valence-corrected chi connectivity index (χ0v) is 22.4. The van der Waals surface area contributed by atoms with Gasteiger partial charge in [0.2, 0.25) is 11.8 Å². The number of nitrogens with one attached hydrogen (secondary N) is 1. The number of ether oxygens (including phenoxy) is 2. The molecule has 15 heteroatoms. The highest BCUT2D eigenvalue weighted by molar-refractivity contribution is 7.96. The number of hydrogen-bond acceptors (Lipinski definition) is 9. The maximum Gasteiger partial charge on any atom is 0.262 e. The summed E-state index contributed by atoms with van der Waals surface area (Å²) in [5, 5.41) is 8.36. The topological polar surface area (TPSA) is 134 Å². The van der Waals surface area contributed by atoms with E-state index in [0.29, 0.717) is 0 Å². The van der Waals surface area contributed by atoms with Gasteiger partial charge in [-0.25, -0.2) is 36.9 Å². The highest BCUT2D eigenvalue weighted by Gasteiger charge is 2.31. The largest absolute Gasteiger partial charge is 0.481 e. The minimum Gasteiger partial charge on any atom is -0.481 e. The smallest absolute Gasteiger partial charge is 0.262 e. The predicted molar refractivity (Wildman–Crippen MR) is 138 cm³/mol. The molecular weight excluding hydrogens is 556 g/mol. The van der Waals surface area contributed by atoms with Gasteiger partial charge in [0, 0.05) is 31.6 Å². The molecule has 0 saturated carbocycles. The first kappa shape index (κ1) is 28.0. The molecule has 0 aliphatic heterocycles. The molecule has 0 aliphatic rings. The van der Waals surface area contributed by atoms with E-state index in [9.17, 15) is 17.2 Å². The fraction of sp³-hybridized carbons (Fsp3) is 0.208. The third-order valence-electron chi connectivity index (χ3n) is 5.59. The van der Waals surface area contributed by atoms with Crippen molar-refractivity contribution in [2.45, 2.75) is 19.1 Å².